The van der Waals surface area contributed by atoms with E-state index < -0.39 is 10.1 Å². The van der Waals surface area contributed by atoms with Gasteiger partial charge in [0.2, 0.25) is 0 Å². The van der Waals surface area contributed by atoms with Gasteiger partial charge in [0.25, 0.3) is 0 Å². The summed E-state index contributed by atoms with van der Waals surface area (Å²) < 4.78 is 43.8. The Hall–Kier alpha value is -1.89. The van der Waals surface area contributed by atoms with Crippen LogP contribution in [0.2, 0.25) is 0 Å². The third-order valence-corrected chi connectivity index (χ3v) is 5.15. The molecule has 26 heavy (non-hydrogen) atoms. The fourth-order valence-corrected chi connectivity index (χ4v) is 2.93. The highest BCUT2D eigenvalue weighted by atomic mass is 32.2. The van der Waals surface area contributed by atoms with Crippen molar-refractivity contribution >= 4 is 10.1 Å². The van der Waals surface area contributed by atoms with Crippen molar-refractivity contribution in [2.45, 2.75) is 37.5 Å². The molecule has 0 aliphatic rings. The van der Waals surface area contributed by atoms with Crippen LogP contribution in [0.25, 0.3) is 0 Å². The van der Waals surface area contributed by atoms with Crippen LogP contribution in [0.3, 0.4) is 0 Å². The Morgan fingerprint density at radius 2 is 1.62 bits per heavy atom. The lowest BCUT2D eigenvalue weighted by Gasteiger charge is -2.11. The van der Waals surface area contributed by atoms with Crippen LogP contribution in [0.15, 0.2) is 53.4 Å². The van der Waals surface area contributed by atoms with E-state index in [0.717, 1.165) is 17.7 Å². The van der Waals surface area contributed by atoms with E-state index in [1.54, 1.807) is 12.1 Å². The first-order valence-electron chi connectivity index (χ1n) is 8.75. The summed E-state index contributed by atoms with van der Waals surface area (Å²) in [5.41, 5.74) is 2.23. The van der Waals surface area contributed by atoms with Gasteiger partial charge in [0.15, 0.2) is 0 Å². The number of hydrogen-bond donors (Lipinski definition) is 0. The molecule has 2 rings (SSSR count). The Morgan fingerprint density at radius 3 is 2.19 bits per heavy atom. The molecule has 2 aromatic rings. The van der Waals surface area contributed by atoms with Gasteiger partial charge < -0.3 is 14.0 Å². The first-order valence-corrected chi connectivity index (χ1v) is 10.2. The van der Waals surface area contributed by atoms with Crippen molar-refractivity contribution in [3.63, 3.8) is 0 Å². The molecule has 0 fully saturated rings. The maximum absolute atomic E-state index is 10.9. The highest BCUT2D eigenvalue weighted by Crippen LogP contribution is 2.21. The second-order valence-corrected chi connectivity index (χ2v) is 7.57. The van der Waals surface area contributed by atoms with E-state index in [4.69, 9.17) is 9.47 Å². The van der Waals surface area contributed by atoms with Crippen LogP contribution in [0, 0.1) is 0 Å². The van der Waals surface area contributed by atoms with Crippen molar-refractivity contribution in [2.24, 2.45) is 0 Å². The molecule has 0 amide bonds. The molecule has 0 spiro atoms. The smallest absolute Gasteiger partial charge is 0.124 e. The molecule has 0 heterocycles. The molecule has 6 heteroatoms. The van der Waals surface area contributed by atoms with Crippen LogP contribution in [0.1, 0.15) is 37.3 Å². The zero-order valence-electron chi connectivity index (χ0n) is 15.2. The Balaban J connectivity index is 1.65. The van der Waals surface area contributed by atoms with Gasteiger partial charge in [0, 0.05) is 0 Å². The Morgan fingerprint density at radius 1 is 0.962 bits per heavy atom. The SMILES string of the molecule is CCC(C)c1ccc(OCCOCCc2ccc(S(=O)(=O)[O-])cc2)cc1. The molecule has 5 nitrogen and oxygen atoms in total. The van der Waals surface area contributed by atoms with Gasteiger partial charge in [-0.2, -0.15) is 0 Å². The summed E-state index contributed by atoms with van der Waals surface area (Å²) in [5.74, 6) is 1.38. The molecule has 2 aromatic carbocycles. The maximum atomic E-state index is 10.9. The summed E-state index contributed by atoms with van der Waals surface area (Å²) in [5, 5.41) is 0. The average molecular weight is 377 g/mol. The lowest BCUT2D eigenvalue weighted by molar-refractivity contribution is 0.102. The van der Waals surface area contributed by atoms with E-state index in [0.29, 0.717) is 32.2 Å². The van der Waals surface area contributed by atoms with E-state index in [1.165, 1.54) is 17.7 Å². The van der Waals surface area contributed by atoms with Gasteiger partial charge in [0.1, 0.15) is 22.5 Å². The Labute approximate surface area is 155 Å². The standard InChI is InChI=1S/C20H26O5S/c1-3-16(2)18-6-8-19(9-7-18)25-15-14-24-13-12-17-4-10-20(11-5-17)26(21,22)23/h4-11,16H,3,12-15H2,1-2H3,(H,21,22,23)/p-1. The topological polar surface area (TPSA) is 75.7 Å². The molecule has 0 aliphatic carbocycles. The van der Waals surface area contributed by atoms with Crippen molar-refractivity contribution < 1.29 is 22.4 Å². The third-order valence-electron chi connectivity index (χ3n) is 4.31. The van der Waals surface area contributed by atoms with Gasteiger partial charge in [-0.1, -0.05) is 38.1 Å². The molecular weight excluding hydrogens is 352 g/mol. The molecule has 0 saturated heterocycles. The van der Waals surface area contributed by atoms with E-state index in [1.807, 2.05) is 12.1 Å². The predicted molar refractivity (Wildman–Crippen MR) is 99.6 cm³/mol. The van der Waals surface area contributed by atoms with E-state index >= 15 is 0 Å². The zero-order chi connectivity index (χ0) is 19.0. The first kappa shape index (κ1) is 20.4. The second kappa shape index (κ2) is 9.71. The van der Waals surface area contributed by atoms with Crippen LogP contribution in [0.5, 0.6) is 5.75 Å². The Bertz CT molecular complexity index is 767. The molecule has 0 bridgehead atoms. The van der Waals surface area contributed by atoms with Crippen molar-refractivity contribution in [1.29, 1.82) is 0 Å². The minimum absolute atomic E-state index is 0.213. The molecule has 0 N–H and O–H groups in total. The van der Waals surface area contributed by atoms with Gasteiger partial charge in [0.05, 0.1) is 18.1 Å². The number of ether oxygens (including phenoxy) is 2. The minimum atomic E-state index is -4.39. The summed E-state index contributed by atoms with van der Waals surface area (Å²) in [6, 6.07) is 14.0. The van der Waals surface area contributed by atoms with Crippen LogP contribution < -0.4 is 4.74 Å². The summed E-state index contributed by atoms with van der Waals surface area (Å²) in [6.07, 6.45) is 1.76. The van der Waals surface area contributed by atoms with Gasteiger partial charge in [-0.25, -0.2) is 8.42 Å². The third kappa shape index (κ3) is 6.44. The summed E-state index contributed by atoms with van der Waals surface area (Å²) in [4.78, 5) is -0.213. The lowest BCUT2D eigenvalue weighted by Crippen LogP contribution is -2.09. The number of hydrogen-bond acceptors (Lipinski definition) is 5. The van der Waals surface area contributed by atoms with Crippen LogP contribution >= 0.6 is 0 Å². The lowest BCUT2D eigenvalue weighted by atomic mass is 9.99. The van der Waals surface area contributed by atoms with E-state index in [-0.39, 0.29) is 4.90 Å². The van der Waals surface area contributed by atoms with Gasteiger partial charge in [-0.05, 0) is 54.2 Å². The van der Waals surface area contributed by atoms with Crippen LogP contribution in [0.4, 0.5) is 0 Å². The van der Waals surface area contributed by atoms with Crippen LogP contribution in [-0.4, -0.2) is 32.8 Å². The second-order valence-electron chi connectivity index (χ2n) is 6.19. The highest BCUT2D eigenvalue weighted by Gasteiger charge is 2.03. The van der Waals surface area contributed by atoms with Crippen molar-refractivity contribution in [1.82, 2.24) is 0 Å². The predicted octanol–water partition coefficient (Wildman–Crippen LogP) is 3.74. The summed E-state index contributed by atoms with van der Waals surface area (Å²) in [7, 11) is -4.39. The monoisotopic (exact) mass is 377 g/mol. The van der Waals surface area contributed by atoms with Crippen molar-refractivity contribution in [3.05, 3.63) is 59.7 Å². The molecular formula is C20H25O5S-. The van der Waals surface area contributed by atoms with Crippen molar-refractivity contribution in [3.8, 4) is 5.75 Å². The summed E-state index contributed by atoms with van der Waals surface area (Å²) >= 11 is 0. The molecule has 1 unspecified atom stereocenters. The molecule has 142 valence electrons. The molecule has 1 atom stereocenters. The average Bonchev–Trinajstić information content (AvgIpc) is 2.64. The minimum Gasteiger partial charge on any atom is -0.744 e. The molecule has 0 aliphatic heterocycles. The van der Waals surface area contributed by atoms with Crippen LogP contribution in [-0.2, 0) is 21.3 Å². The van der Waals surface area contributed by atoms with Gasteiger partial charge in [-0.3, -0.25) is 0 Å². The molecule has 0 aromatic heterocycles. The Kier molecular flexibility index (Phi) is 7.63. The fraction of sp³-hybridized carbons (Fsp3) is 0.400. The summed E-state index contributed by atoms with van der Waals surface area (Å²) in [6.45, 7) is 5.82. The normalized spacial score (nSPS) is 12.7. The maximum Gasteiger partial charge on any atom is 0.124 e. The highest BCUT2D eigenvalue weighted by molar-refractivity contribution is 7.85. The first-order chi connectivity index (χ1) is 12.4. The number of benzene rings is 2. The quantitative estimate of drug-likeness (QED) is 0.466. The van der Waals surface area contributed by atoms with Crippen molar-refractivity contribution in [2.75, 3.05) is 19.8 Å². The number of rotatable bonds is 10. The zero-order valence-corrected chi connectivity index (χ0v) is 16.0. The largest absolute Gasteiger partial charge is 0.744 e. The van der Waals surface area contributed by atoms with Gasteiger partial charge >= 0.3 is 0 Å². The molecule has 0 saturated carbocycles. The van der Waals surface area contributed by atoms with E-state index in [9.17, 15) is 13.0 Å². The fourth-order valence-electron chi connectivity index (χ4n) is 2.46. The van der Waals surface area contributed by atoms with E-state index in [2.05, 4.69) is 26.0 Å². The molecule has 0 radical (unpaired) electrons. The van der Waals surface area contributed by atoms with Gasteiger partial charge in [-0.15, -0.1) is 0 Å².